The number of hydrogen-bond donors (Lipinski definition) is 10. The number of hydrogen-bond acceptors (Lipinski definition) is 9. The Bertz CT molecular complexity index is 2220. The summed E-state index contributed by atoms with van der Waals surface area (Å²) in [6.45, 7) is 6.86. The Kier molecular flexibility index (Phi) is 21.0. The number of amides is 6. The standard InChI is InChI=1S/C50H69N7O11/c1-30(2)26-32-11-16-35(17-12-32)31(3)44(60)53-25-23-39(51)46(62)54-29-33-13-19-37(20-14-33)45(61)55-42(28-34-15-18-36-8-4-5-9-38(36)27-34)47(63)52-24-7-6-10-40(48(64)65)56-50(68)57-41(49(66)67)21-22-43(58)59/h4-5,8-9,11-12,15-18,27,30-31,33,37,39-42H,6-7,10,13-14,19-26,28-29,51H2,1-3H3,(H,52,63)(H,53,60)(H,54,62)(H,55,61)(H,58,59)(H,64,65)(H,66,67)(H2,56,57,68)/i/hD. The molecule has 1 aliphatic carbocycles. The average Bonchev–Trinajstić information content (AvgIpc) is 3.32. The molecular weight excluding hydrogens is 875 g/mol. The Morgan fingerprint density at radius 3 is 1.91 bits per heavy atom. The summed E-state index contributed by atoms with van der Waals surface area (Å²) >= 11 is 0. The number of carboxylic acid groups (broad SMARTS) is 3. The van der Waals surface area contributed by atoms with Crippen molar-refractivity contribution in [3.05, 3.63) is 83.4 Å². The van der Waals surface area contributed by atoms with Gasteiger partial charge in [0.2, 0.25) is 23.6 Å². The van der Waals surface area contributed by atoms with Crippen molar-refractivity contribution in [2.45, 2.75) is 128 Å². The molecule has 0 aromatic heterocycles. The highest BCUT2D eigenvalue weighted by molar-refractivity contribution is 5.90. The SMILES string of the molecule is [2H]NC(CCNC(=O)C(C)c1ccc(CC(C)C)cc1)C(=O)NCC1CCC(C(=O)NC(Cc2ccc3ccccc3c2)C(=O)NCCCCC(NC(=O)NC(CCC(=O)O)C(=O)O)C(=O)O)CC1. The lowest BCUT2D eigenvalue weighted by molar-refractivity contribution is -0.141. The number of fused-ring (bicyclic) bond motifs is 1. The topological polar surface area (TPSA) is 295 Å². The van der Waals surface area contributed by atoms with Crippen LogP contribution in [0.2, 0.25) is 1.41 Å². The summed E-state index contributed by atoms with van der Waals surface area (Å²) in [4.78, 5) is 99.9. The smallest absolute Gasteiger partial charge is 0.326 e. The molecule has 0 bridgehead atoms. The fourth-order valence-corrected chi connectivity index (χ4v) is 8.24. The molecule has 0 heterocycles. The zero-order valence-corrected chi connectivity index (χ0v) is 39.2. The maximum Gasteiger partial charge on any atom is 0.326 e. The minimum Gasteiger partial charge on any atom is -0.481 e. The van der Waals surface area contributed by atoms with E-state index >= 15 is 0 Å². The summed E-state index contributed by atoms with van der Waals surface area (Å²) in [5.41, 5.74) is 5.25. The van der Waals surface area contributed by atoms with E-state index in [4.69, 9.17) is 6.52 Å². The van der Waals surface area contributed by atoms with Gasteiger partial charge in [0, 0.05) is 38.4 Å². The van der Waals surface area contributed by atoms with Crippen LogP contribution in [-0.4, -0.2) is 107 Å². The van der Waals surface area contributed by atoms with E-state index in [1.165, 1.54) is 5.56 Å². The highest BCUT2D eigenvalue weighted by Gasteiger charge is 2.31. The molecule has 18 nitrogen and oxygen atoms in total. The highest BCUT2D eigenvalue weighted by Crippen LogP contribution is 2.29. The molecule has 0 saturated heterocycles. The number of urea groups is 1. The van der Waals surface area contributed by atoms with Crippen LogP contribution in [0, 0.1) is 17.8 Å². The first-order chi connectivity index (χ1) is 32.9. The molecule has 370 valence electrons. The van der Waals surface area contributed by atoms with Gasteiger partial charge in [-0.25, -0.2) is 14.4 Å². The second-order valence-corrected chi connectivity index (χ2v) is 18.2. The number of aliphatic carboxylic acids is 3. The van der Waals surface area contributed by atoms with E-state index < -0.39 is 66.9 Å². The van der Waals surface area contributed by atoms with E-state index in [1.54, 1.807) is 0 Å². The number of unbranched alkanes of at least 4 members (excludes halogenated alkanes) is 1. The van der Waals surface area contributed by atoms with Crippen molar-refractivity contribution in [1.82, 2.24) is 31.9 Å². The monoisotopic (exact) mass is 945 g/mol. The maximum atomic E-state index is 13.7. The first-order valence-electron chi connectivity index (χ1n) is 24.1. The van der Waals surface area contributed by atoms with E-state index in [9.17, 15) is 48.6 Å². The van der Waals surface area contributed by atoms with Gasteiger partial charge in [0.15, 0.2) is 0 Å². The van der Waals surface area contributed by atoms with Crippen LogP contribution in [0.4, 0.5) is 4.79 Å². The van der Waals surface area contributed by atoms with Gasteiger partial charge in [0.1, 0.15) is 19.5 Å². The minimum absolute atomic E-state index is 0.0507. The largest absolute Gasteiger partial charge is 0.481 e. The molecule has 5 unspecified atom stereocenters. The fraction of sp³-hybridized carbons (Fsp3) is 0.520. The predicted octanol–water partition coefficient (Wildman–Crippen LogP) is 3.98. The number of carboxylic acids is 3. The van der Waals surface area contributed by atoms with E-state index in [-0.39, 0.29) is 74.2 Å². The lowest BCUT2D eigenvalue weighted by Crippen LogP contribution is -2.51. The predicted molar refractivity (Wildman–Crippen MR) is 255 cm³/mol. The number of carbonyl (C=O) groups is 8. The molecule has 68 heavy (non-hydrogen) atoms. The Morgan fingerprint density at radius 1 is 0.647 bits per heavy atom. The van der Waals surface area contributed by atoms with Crippen LogP contribution in [-0.2, 0) is 46.4 Å². The van der Waals surface area contributed by atoms with E-state index in [2.05, 4.69) is 51.5 Å². The molecule has 5 atom stereocenters. The zero-order valence-electron chi connectivity index (χ0n) is 40.2. The third kappa shape index (κ3) is 18.3. The lowest BCUT2D eigenvalue weighted by atomic mass is 9.81. The molecule has 0 spiro atoms. The van der Waals surface area contributed by atoms with Crippen molar-refractivity contribution in [2.75, 3.05) is 19.6 Å². The Hall–Kier alpha value is -6.56. The first kappa shape index (κ1) is 52.4. The summed E-state index contributed by atoms with van der Waals surface area (Å²) in [5.74, 6) is -5.39. The van der Waals surface area contributed by atoms with Crippen molar-refractivity contribution in [2.24, 2.45) is 23.5 Å². The van der Waals surface area contributed by atoms with E-state index in [1.807, 2.05) is 73.7 Å². The molecule has 0 radical (unpaired) electrons. The van der Waals surface area contributed by atoms with Gasteiger partial charge in [-0.05, 0) is 110 Å². The van der Waals surface area contributed by atoms with Crippen molar-refractivity contribution in [3.8, 4) is 0 Å². The number of benzene rings is 3. The number of nitrogens with one attached hydrogen (secondary N) is 6. The van der Waals surface area contributed by atoms with Gasteiger partial charge in [0.25, 0.3) is 0 Å². The molecule has 1 fully saturated rings. The summed E-state index contributed by atoms with van der Waals surface area (Å²) in [5, 5.41) is 45.7. The Labute approximate surface area is 398 Å². The fourth-order valence-electron chi connectivity index (χ4n) is 8.24. The summed E-state index contributed by atoms with van der Waals surface area (Å²) in [7, 11) is 0. The molecule has 1 aliphatic rings. The first-order valence-corrected chi connectivity index (χ1v) is 23.6. The average molecular weight is 945 g/mol. The lowest BCUT2D eigenvalue weighted by Gasteiger charge is -2.29. The van der Waals surface area contributed by atoms with Gasteiger partial charge in [-0.1, -0.05) is 80.6 Å². The third-order valence-corrected chi connectivity index (χ3v) is 12.3. The van der Waals surface area contributed by atoms with Gasteiger partial charge in [-0.2, -0.15) is 0 Å². The van der Waals surface area contributed by atoms with Crippen molar-refractivity contribution in [1.29, 1.82) is 0 Å². The summed E-state index contributed by atoms with van der Waals surface area (Å²) in [6, 6.07) is 15.9. The second kappa shape index (κ2) is 27.3. The quantitative estimate of drug-likeness (QED) is 0.0463. The van der Waals surface area contributed by atoms with Crippen molar-refractivity contribution >= 4 is 58.3 Å². The van der Waals surface area contributed by atoms with Gasteiger partial charge in [-0.15, -0.1) is 0 Å². The molecule has 18 heteroatoms. The van der Waals surface area contributed by atoms with Crippen LogP contribution in [0.25, 0.3) is 10.8 Å². The molecule has 3 aromatic rings. The normalized spacial score (nSPS) is 17.0. The molecule has 3 aromatic carbocycles. The van der Waals surface area contributed by atoms with E-state index in [0.717, 1.165) is 28.3 Å². The maximum absolute atomic E-state index is 13.7. The van der Waals surface area contributed by atoms with Crippen molar-refractivity contribution < 1.29 is 55.1 Å². The van der Waals surface area contributed by atoms with Crippen LogP contribution in [0.5, 0.6) is 0 Å². The Balaban J connectivity index is 1.24. The molecule has 6 amide bonds. The second-order valence-electron chi connectivity index (χ2n) is 18.2. The number of carbonyl (C=O) groups excluding carboxylic acids is 5. The van der Waals surface area contributed by atoms with Gasteiger partial charge in [0.05, 0.1) is 12.0 Å². The third-order valence-electron chi connectivity index (χ3n) is 12.3. The summed E-state index contributed by atoms with van der Waals surface area (Å²) in [6.07, 6.45) is 3.38. The zero-order chi connectivity index (χ0) is 50.5. The van der Waals surface area contributed by atoms with Crippen molar-refractivity contribution in [3.63, 3.8) is 0 Å². The Morgan fingerprint density at radius 2 is 1.28 bits per heavy atom. The van der Waals surface area contributed by atoms with Crippen LogP contribution in [0.1, 0.15) is 108 Å². The van der Waals surface area contributed by atoms with Gasteiger partial charge >= 0.3 is 23.9 Å². The van der Waals surface area contributed by atoms with Gasteiger partial charge < -0.3 is 52.9 Å². The highest BCUT2D eigenvalue weighted by atomic mass is 16.4. The minimum atomic E-state index is -1.53. The molecular formula is C50H69N7O11. The van der Waals surface area contributed by atoms with Gasteiger partial charge in [-0.3, -0.25) is 24.0 Å². The van der Waals surface area contributed by atoms with Crippen LogP contribution >= 0.6 is 0 Å². The number of rotatable bonds is 28. The van der Waals surface area contributed by atoms with Crippen LogP contribution in [0.15, 0.2) is 66.7 Å². The van der Waals surface area contributed by atoms with Crippen LogP contribution < -0.4 is 37.6 Å². The van der Waals surface area contributed by atoms with E-state index in [0.29, 0.717) is 44.6 Å². The molecule has 1 saturated carbocycles. The molecule has 11 N–H and O–H groups in total. The molecule has 0 aliphatic heterocycles. The molecule has 4 rings (SSSR count). The number of nitrogens with two attached hydrogens (primary N) is 1. The summed E-state index contributed by atoms with van der Waals surface area (Å²) < 4.78 is 7.75. The van der Waals surface area contributed by atoms with Crippen LogP contribution in [0.3, 0.4) is 0 Å².